The topological polar surface area (TPSA) is 74.8 Å². The van der Waals surface area contributed by atoms with E-state index in [1.807, 2.05) is 0 Å². The number of nitrogens with zero attached hydrogens (tertiary/aromatic N) is 1. The van der Waals surface area contributed by atoms with E-state index in [0.717, 1.165) is 16.9 Å². The van der Waals surface area contributed by atoms with Gasteiger partial charge in [-0.25, -0.2) is 9.37 Å². The molecule has 0 fully saturated rings. The summed E-state index contributed by atoms with van der Waals surface area (Å²) in [4.78, 5) is 32.4. The number of nitrogens with one attached hydrogen (secondary N) is 2. The van der Waals surface area contributed by atoms with Gasteiger partial charge < -0.3 is 10.3 Å². The largest absolute Gasteiger partial charge is 0.321 e. The Bertz CT molecular complexity index is 991. The minimum absolute atomic E-state index is 0.262. The van der Waals surface area contributed by atoms with Crippen LogP contribution in [0.2, 0.25) is 0 Å². The van der Waals surface area contributed by atoms with Gasteiger partial charge in [-0.05, 0) is 44.0 Å². The van der Waals surface area contributed by atoms with Gasteiger partial charge in [0, 0.05) is 5.69 Å². The number of aromatic amines is 1. The van der Waals surface area contributed by atoms with Crippen molar-refractivity contribution in [3.05, 3.63) is 56.2 Å². The second-order valence-corrected chi connectivity index (χ2v) is 6.30. The van der Waals surface area contributed by atoms with E-state index in [4.69, 9.17) is 0 Å². The van der Waals surface area contributed by atoms with Crippen molar-refractivity contribution in [1.29, 1.82) is 0 Å². The Morgan fingerprint density at radius 1 is 1.30 bits per heavy atom. The average Bonchev–Trinajstić information content (AvgIpc) is 2.80. The summed E-state index contributed by atoms with van der Waals surface area (Å²) in [5.41, 5.74) is 1.47. The van der Waals surface area contributed by atoms with Crippen molar-refractivity contribution in [2.24, 2.45) is 0 Å². The van der Waals surface area contributed by atoms with Crippen molar-refractivity contribution in [2.75, 3.05) is 5.32 Å². The first-order chi connectivity index (χ1) is 10.9. The molecule has 0 aliphatic rings. The number of rotatable bonds is 2. The number of aryl methyl sites for hydroxylation is 3. The molecule has 3 aromatic rings. The van der Waals surface area contributed by atoms with E-state index >= 15 is 0 Å². The van der Waals surface area contributed by atoms with Gasteiger partial charge in [0.15, 0.2) is 0 Å². The first kappa shape index (κ1) is 15.4. The number of thiophene rings is 1. The maximum atomic E-state index is 13.3. The second kappa shape index (κ2) is 5.58. The minimum Gasteiger partial charge on any atom is -0.321 e. The highest BCUT2D eigenvalue weighted by Gasteiger charge is 2.19. The molecule has 7 heteroatoms. The van der Waals surface area contributed by atoms with E-state index in [1.54, 1.807) is 26.8 Å². The smallest absolute Gasteiger partial charge is 0.266 e. The molecule has 23 heavy (non-hydrogen) atoms. The van der Waals surface area contributed by atoms with Crippen molar-refractivity contribution in [2.45, 2.75) is 20.8 Å². The van der Waals surface area contributed by atoms with Crippen LogP contribution in [0.5, 0.6) is 0 Å². The van der Waals surface area contributed by atoms with Gasteiger partial charge in [-0.1, -0.05) is 6.07 Å². The summed E-state index contributed by atoms with van der Waals surface area (Å²) in [5, 5.41) is 3.11. The summed E-state index contributed by atoms with van der Waals surface area (Å²) < 4.78 is 13.3. The molecule has 0 spiro atoms. The van der Waals surface area contributed by atoms with Crippen molar-refractivity contribution < 1.29 is 9.18 Å². The zero-order valence-electron chi connectivity index (χ0n) is 12.8. The zero-order chi connectivity index (χ0) is 16.7. The lowest BCUT2D eigenvalue weighted by Gasteiger charge is -2.07. The first-order valence-electron chi connectivity index (χ1n) is 6.94. The van der Waals surface area contributed by atoms with E-state index in [-0.39, 0.29) is 11.5 Å². The van der Waals surface area contributed by atoms with Crippen LogP contribution in [0, 0.1) is 26.6 Å². The molecule has 2 heterocycles. The fourth-order valence-electron chi connectivity index (χ4n) is 2.38. The van der Waals surface area contributed by atoms with Crippen molar-refractivity contribution in [1.82, 2.24) is 9.97 Å². The number of H-pyrrole nitrogens is 1. The van der Waals surface area contributed by atoms with E-state index in [0.29, 0.717) is 32.2 Å². The van der Waals surface area contributed by atoms with Crippen LogP contribution in [0.3, 0.4) is 0 Å². The van der Waals surface area contributed by atoms with Crippen LogP contribution in [0.1, 0.15) is 26.6 Å². The Morgan fingerprint density at radius 2 is 2.04 bits per heavy atom. The van der Waals surface area contributed by atoms with Crippen LogP contribution in [-0.4, -0.2) is 15.9 Å². The number of carbonyl (C=O) groups excluding carboxylic acids is 1. The summed E-state index contributed by atoms with van der Waals surface area (Å²) in [7, 11) is 0. The number of halogens is 1. The van der Waals surface area contributed by atoms with E-state index < -0.39 is 5.82 Å². The molecule has 0 aliphatic carbocycles. The van der Waals surface area contributed by atoms with Crippen LogP contribution in [0.25, 0.3) is 10.2 Å². The lowest BCUT2D eigenvalue weighted by atomic mass is 10.1. The van der Waals surface area contributed by atoms with Gasteiger partial charge >= 0.3 is 0 Å². The number of benzene rings is 1. The molecule has 1 amide bonds. The molecular formula is C16H14FN3O2S. The molecule has 0 saturated carbocycles. The standard InChI is InChI=1S/C16H14FN3O2S/c1-7-4-5-10(17)6-11(7)20-15(22)13-8(2)12-14(21)18-9(3)19-16(12)23-13/h4-6H,1-3H3,(H,20,22)(H,18,19,21). The maximum Gasteiger partial charge on any atom is 0.266 e. The summed E-state index contributed by atoms with van der Waals surface area (Å²) in [6.45, 7) is 5.17. The van der Waals surface area contributed by atoms with Gasteiger partial charge in [0.2, 0.25) is 0 Å². The third-order valence-electron chi connectivity index (χ3n) is 3.57. The minimum atomic E-state index is -0.423. The molecule has 5 nitrogen and oxygen atoms in total. The summed E-state index contributed by atoms with van der Waals surface area (Å²) in [6, 6.07) is 4.20. The zero-order valence-corrected chi connectivity index (χ0v) is 13.6. The normalized spacial score (nSPS) is 11.0. The van der Waals surface area contributed by atoms with Gasteiger partial charge in [-0.3, -0.25) is 9.59 Å². The highest BCUT2D eigenvalue weighted by molar-refractivity contribution is 7.20. The lowest BCUT2D eigenvalue weighted by Crippen LogP contribution is -2.13. The number of hydrogen-bond acceptors (Lipinski definition) is 4. The fourth-order valence-corrected chi connectivity index (χ4v) is 3.50. The Kier molecular flexibility index (Phi) is 3.73. The summed E-state index contributed by atoms with van der Waals surface area (Å²) in [5.74, 6) is -0.305. The highest BCUT2D eigenvalue weighted by Crippen LogP contribution is 2.28. The SMILES string of the molecule is Cc1nc2sc(C(=O)Nc3cc(F)ccc3C)c(C)c2c(=O)[nH]1. The number of fused-ring (bicyclic) bond motifs is 1. The summed E-state index contributed by atoms with van der Waals surface area (Å²) in [6.07, 6.45) is 0. The number of aromatic nitrogens is 2. The van der Waals surface area contributed by atoms with Crippen molar-refractivity contribution in [3.63, 3.8) is 0 Å². The number of carbonyl (C=O) groups is 1. The molecule has 0 bridgehead atoms. The molecule has 1 aromatic carbocycles. The molecule has 3 rings (SSSR count). The number of hydrogen-bond donors (Lipinski definition) is 2. The van der Waals surface area contributed by atoms with Crippen molar-refractivity contribution >= 4 is 33.1 Å². The number of anilines is 1. The van der Waals surface area contributed by atoms with Crippen LogP contribution in [0.15, 0.2) is 23.0 Å². The molecule has 0 aliphatic heterocycles. The molecule has 0 radical (unpaired) electrons. The fraction of sp³-hybridized carbons (Fsp3) is 0.188. The van der Waals surface area contributed by atoms with Crippen LogP contribution < -0.4 is 10.9 Å². The van der Waals surface area contributed by atoms with Crippen LogP contribution in [0.4, 0.5) is 10.1 Å². The monoisotopic (exact) mass is 331 g/mol. The molecule has 0 unspecified atom stereocenters. The van der Waals surface area contributed by atoms with Crippen LogP contribution >= 0.6 is 11.3 Å². The van der Waals surface area contributed by atoms with Gasteiger partial charge in [-0.2, -0.15) is 0 Å². The van der Waals surface area contributed by atoms with Crippen LogP contribution in [-0.2, 0) is 0 Å². The summed E-state index contributed by atoms with van der Waals surface area (Å²) >= 11 is 1.15. The van der Waals surface area contributed by atoms with Gasteiger partial charge in [-0.15, -0.1) is 11.3 Å². The quantitative estimate of drug-likeness (QED) is 0.756. The van der Waals surface area contributed by atoms with E-state index in [1.165, 1.54) is 12.1 Å². The third-order valence-corrected chi connectivity index (χ3v) is 4.76. The van der Waals surface area contributed by atoms with E-state index in [9.17, 15) is 14.0 Å². The predicted octanol–water partition coefficient (Wildman–Crippen LogP) is 3.30. The Morgan fingerprint density at radius 3 is 2.78 bits per heavy atom. The third kappa shape index (κ3) is 2.75. The van der Waals surface area contributed by atoms with Gasteiger partial charge in [0.1, 0.15) is 16.5 Å². The Balaban J connectivity index is 2.05. The number of amides is 1. The lowest BCUT2D eigenvalue weighted by molar-refractivity contribution is 0.103. The molecule has 118 valence electrons. The molecular weight excluding hydrogens is 317 g/mol. The average molecular weight is 331 g/mol. The van der Waals surface area contributed by atoms with Gasteiger partial charge in [0.25, 0.3) is 11.5 Å². The first-order valence-corrected chi connectivity index (χ1v) is 7.76. The Hall–Kier alpha value is -2.54. The highest BCUT2D eigenvalue weighted by atomic mass is 32.1. The van der Waals surface area contributed by atoms with Crippen molar-refractivity contribution in [3.8, 4) is 0 Å². The second-order valence-electron chi connectivity index (χ2n) is 5.30. The maximum absolute atomic E-state index is 13.3. The van der Waals surface area contributed by atoms with E-state index in [2.05, 4.69) is 15.3 Å². The predicted molar refractivity (Wildman–Crippen MR) is 88.8 cm³/mol. The molecule has 0 saturated heterocycles. The molecule has 2 aromatic heterocycles. The molecule has 2 N–H and O–H groups in total. The Labute approximate surface area is 135 Å². The van der Waals surface area contributed by atoms with Gasteiger partial charge in [0.05, 0.1) is 10.3 Å². The molecule has 0 atom stereocenters.